The molecule has 0 amide bonds. The summed E-state index contributed by atoms with van der Waals surface area (Å²) in [6.07, 6.45) is 3.44. The third kappa shape index (κ3) is 6.96. The van der Waals surface area contributed by atoms with E-state index in [1.807, 2.05) is 23.9 Å². The number of guanidine groups is 1. The lowest BCUT2D eigenvalue weighted by molar-refractivity contribution is 0.373. The second-order valence-electron chi connectivity index (χ2n) is 5.54. The summed E-state index contributed by atoms with van der Waals surface area (Å²) in [5.41, 5.74) is 1.12. The average Bonchev–Trinajstić information content (AvgIpc) is 3.07. The summed E-state index contributed by atoms with van der Waals surface area (Å²) in [6, 6.07) is 5.46. The molecule has 0 aliphatic carbocycles. The molecule has 1 fully saturated rings. The molecule has 5 nitrogen and oxygen atoms in total. The normalized spacial score (nSPS) is 17.2. The number of phenolic OH excluding ortho intramolecular Hbond substituents is 1. The standard InChI is InChI=1S/C17H27N3O2S.HI/c1-3-18-17(20-12-14-5-4-10-23-14)19-9-8-13-6-7-15(21)16(11-13)22-2;/h6-7,11,14,21H,3-5,8-10,12H2,1-2H3,(H2,18,19,20);1H. The lowest BCUT2D eigenvalue weighted by Crippen LogP contribution is -2.38. The molecule has 3 N–H and O–H groups in total. The third-order valence-corrected chi connectivity index (χ3v) is 5.15. The van der Waals surface area contributed by atoms with Gasteiger partial charge in [0.2, 0.25) is 0 Å². The van der Waals surface area contributed by atoms with E-state index < -0.39 is 0 Å². The van der Waals surface area contributed by atoms with Crippen molar-refractivity contribution in [3.05, 3.63) is 23.8 Å². The predicted molar refractivity (Wildman–Crippen MR) is 113 cm³/mol. The highest BCUT2D eigenvalue weighted by molar-refractivity contribution is 14.0. The van der Waals surface area contributed by atoms with Gasteiger partial charge in [0.05, 0.1) is 13.7 Å². The van der Waals surface area contributed by atoms with Crippen molar-refractivity contribution in [2.75, 3.05) is 32.5 Å². The molecule has 0 saturated carbocycles. The van der Waals surface area contributed by atoms with Crippen molar-refractivity contribution in [3.63, 3.8) is 0 Å². The Kier molecular flexibility index (Phi) is 10.3. The number of nitrogens with one attached hydrogen (secondary N) is 2. The van der Waals surface area contributed by atoms with Crippen molar-refractivity contribution >= 4 is 41.7 Å². The Morgan fingerprint density at radius 1 is 1.42 bits per heavy atom. The van der Waals surface area contributed by atoms with Crippen molar-refractivity contribution < 1.29 is 9.84 Å². The van der Waals surface area contributed by atoms with Crippen LogP contribution in [0.15, 0.2) is 23.2 Å². The summed E-state index contributed by atoms with van der Waals surface area (Å²) < 4.78 is 5.14. The Labute approximate surface area is 166 Å². The van der Waals surface area contributed by atoms with Gasteiger partial charge in [-0.05, 0) is 49.6 Å². The van der Waals surface area contributed by atoms with E-state index in [0.29, 0.717) is 11.0 Å². The van der Waals surface area contributed by atoms with E-state index in [4.69, 9.17) is 4.74 Å². The summed E-state index contributed by atoms with van der Waals surface area (Å²) in [4.78, 5) is 4.68. The van der Waals surface area contributed by atoms with Crippen molar-refractivity contribution in [2.45, 2.75) is 31.4 Å². The second-order valence-corrected chi connectivity index (χ2v) is 6.95. The molecule has 1 unspecified atom stereocenters. The topological polar surface area (TPSA) is 65.9 Å². The van der Waals surface area contributed by atoms with Gasteiger partial charge in [0.1, 0.15) is 0 Å². The maximum Gasteiger partial charge on any atom is 0.191 e. The zero-order chi connectivity index (χ0) is 16.5. The van der Waals surface area contributed by atoms with Crippen molar-refractivity contribution in [2.24, 2.45) is 4.99 Å². The SMILES string of the molecule is CCNC(=NCC1CCCS1)NCCc1ccc(O)c(OC)c1.I. The number of ether oxygens (including phenoxy) is 1. The van der Waals surface area contributed by atoms with Gasteiger partial charge in [-0.25, -0.2) is 0 Å². The number of nitrogens with zero attached hydrogens (tertiary/aromatic N) is 1. The molecular weight excluding hydrogens is 437 g/mol. The van der Waals surface area contributed by atoms with Crippen LogP contribution in [0.5, 0.6) is 11.5 Å². The van der Waals surface area contributed by atoms with Crippen LogP contribution in [-0.2, 0) is 6.42 Å². The number of aliphatic imine (C=N–C) groups is 1. The monoisotopic (exact) mass is 465 g/mol. The zero-order valence-corrected chi connectivity index (χ0v) is 17.5. The van der Waals surface area contributed by atoms with Crippen LogP contribution >= 0.6 is 35.7 Å². The van der Waals surface area contributed by atoms with Gasteiger partial charge < -0.3 is 20.5 Å². The van der Waals surface area contributed by atoms with E-state index in [9.17, 15) is 5.11 Å². The molecule has 0 radical (unpaired) electrons. The number of aromatic hydroxyl groups is 1. The van der Waals surface area contributed by atoms with Crippen LogP contribution in [0.25, 0.3) is 0 Å². The highest BCUT2D eigenvalue weighted by Gasteiger charge is 2.14. The first-order chi connectivity index (χ1) is 11.2. The average molecular weight is 465 g/mol. The van der Waals surface area contributed by atoms with Gasteiger partial charge in [0, 0.05) is 18.3 Å². The molecule has 1 saturated heterocycles. The van der Waals surface area contributed by atoms with Crippen LogP contribution in [0.2, 0.25) is 0 Å². The summed E-state index contributed by atoms with van der Waals surface area (Å²) in [5.74, 6) is 2.84. The fourth-order valence-corrected chi connectivity index (χ4v) is 3.71. The fraction of sp³-hybridized carbons (Fsp3) is 0.588. The largest absolute Gasteiger partial charge is 0.504 e. The Balaban J connectivity index is 0.00000288. The van der Waals surface area contributed by atoms with Gasteiger partial charge in [0.25, 0.3) is 0 Å². The molecule has 7 heteroatoms. The third-order valence-electron chi connectivity index (χ3n) is 3.77. The number of hydrogen-bond donors (Lipinski definition) is 3. The Morgan fingerprint density at radius 2 is 2.25 bits per heavy atom. The molecule has 2 rings (SSSR count). The molecule has 1 aliphatic heterocycles. The predicted octanol–water partition coefficient (Wildman–Crippen LogP) is 3.01. The lowest BCUT2D eigenvalue weighted by Gasteiger charge is -2.13. The molecule has 1 aromatic rings. The molecule has 1 atom stereocenters. The van der Waals surface area contributed by atoms with Gasteiger partial charge in [0.15, 0.2) is 17.5 Å². The first-order valence-electron chi connectivity index (χ1n) is 8.22. The van der Waals surface area contributed by atoms with E-state index in [-0.39, 0.29) is 29.7 Å². The van der Waals surface area contributed by atoms with E-state index in [0.717, 1.165) is 37.6 Å². The van der Waals surface area contributed by atoms with Crippen molar-refractivity contribution in [1.29, 1.82) is 0 Å². The van der Waals surface area contributed by atoms with Crippen molar-refractivity contribution in [3.8, 4) is 11.5 Å². The summed E-state index contributed by atoms with van der Waals surface area (Å²) in [6.45, 7) is 4.60. The minimum Gasteiger partial charge on any atom is -0.504 e. The molecule has 0 aromatic heterocycles. The van der Waals surface area contributed by atoms with Crippen LogP contribution in [0, 0.1) is 0 Å². The highest BCUT2D eigenvalue weighted by atomic mass is 127. The van der Waals surface area contributed by atoms with Crippen LogP contribution in [0.1, 0.15) is 25.3 Å². The van der Waals surface area contributed by atoms with Crippen LogP contribution in [0.3, 0.4) is 0 Å². The molecule has 1 aromatic carbocycles. The van der Waals surface area contributed by atoms with Crippen molar-refractivity contribution in [1.82, 2.24) is 10.6 Å². The highest BCUT2D eigenvalue weighted by Crippen LogP contribution is 2.26. The number of halogens is 1. The molecule has 0 spiro atoms. The number of thioether (sulfide) groups is 1. The van der Waals surface area contributed by atoms with Crippen LogP contribution in [-0.4, -0.2) is 48.8 Å². The maximum atomic E-state index is 9.62. The lowest BCUT2D eigenvalue weighted by atomic mass is 10.1. The Morgan fingerprint density at radius 3 is 2.92 bits per heavy atom. The van der Waals surface area contributed by atoms with E-state index >= 15 is 0 Å². The van der Waals surface area contributed by atoms with Gasteiger partial charge in [-0.1, -0.05) is 6.07 Å². The Bertz CT molecular complexity index is 523. The number of methoxy groups -OCH3 is 1. The molecule has 1 aliphatic rings. The quantitative estimate of drug-likeness (QED) is 0.328. The molecule has 24 heavy (non-hydrogen) atoms. The Hall–Kier alpha value is -0.830. The van der Waals surface area contributed by atoms with E-state index in [1.54, 1.807) is 13.2 Å². The zero-order valence-electron chi connectivity index (χ0n) is 14.4. The van der Waals surface area contributed by atoms with Gasteiger partial charge in [-0.2, -0.15) is 11.8 Å². The molecular formula is C17H28IN3O2S. The minimum absolute atomic E-state index is 0. The van der Waals surface area contributed by atoms with E-state index in [2.05, 4.69) is 22.5 Å². The summed E-state index contributed by atoms with van der Waals surface area (Å²) in [7, 11) is 1.56. The maximum absolute atomic E-state index is 9.62. The number of phenols is 1. The fourth-order valence-electron chi connectivity index (χ4n) is 2.53. The number of benzene rings is 1. The first kappa shape index (κ1) is 21.2. The van der Waals surface area contributed by atoms with Gasteiger partial charge in [-0.3, -0.25) is 4.99 Å². The van der Waals surface area contributed by atoms with Crippen LogP contribution < -0.4 is 15.4 Å². The van der Waals surface area contributed by atoms with Crippen LogP contribution in [0.4, 0.5) is 0 Å². The molecule has 1 heterocycles. The van der Waals surface area contributed by atoms with Gasteiger partial charge >= 0.3 is 0 Å². The number of hydrogen-bond acceptors (Lipinski definition) is 4. The second kappa shape index (κ2) is 11.7. The molecule has 0 bridgehead atoms. The molecule has 136 valence electrons. The van der Waals surface area contributed by atoms with E-state index in [1.165, 1.54) is 18.6 Å². The van der Waals surface area contributed by atoms with Gasteiger partial charge in [-0.15, -0.1) is 24.0 Å². The minimum atomic E-state index is 0. The number of rotatable bonds is 7. The first-order valence-corrected chi connectivity index (χ1v) is 9.27. The summed E-state index contributed by atoms with van der Waals surface area (Å²) in [5, 5.41) is 17.0. The smallest absolute Gasteiger partial charge is 0.191 e. The summed E-state index contributed by atoms with van der Waals surface area (Å²) >= 11 is 2.03.